The minimum Gasteiger partial charge on any atom is -0.493 e. The molecular formula is C18H20ClNO3. The summed E-state index contributed by atoms with van der Waals surface area (Å²) in [4.78, 5) is 11.1. The maximum absolute atomic E-state index is 11.1. The van der Waals surface area contributed by atoms with E-state index >= 15 is 0 Å². The number of benzene rings is 2. The van der Waals surface area contributed by atoms with E-state index in [1.807, 2.05) is 48.5 Å². The van der Waals surface area contributed by atoms with Crippen LogP contribution in [0.3, 0.4) is 0 Å². The molecule has 5 heteroatoms. The van der Waals surface area contributed by atoms with Crippen LogP contribution >= 0.6 is 11.6 Å². The van der Waals surface area contributed by atoms with Gasteiger partial charge in [0.1, 0.15) is 12.5 Å². The first kappa shape index (κ1) is 17.2. The van der Waals surface area contributed by atoms with Gasteiger partial charge in [-0.1, -0.05) is 36.4 Å². The van der Waals surface area contributed by atoms with Gasteiger partial charge in [-0.25, -0.2) is 0 Å². The minimum absolute atomic E-state index is 0.0198. The number of rotatable bonds is 8. The number of ether oxygens (including phenoxy) is 2. The van der Waals surface area contributed by atoms with Gasteiger partial charge in [-0.3, -0.25) is 4.79 Å². The van der Waals surface area contributed by atoms with Crippen LogP contribution < -0.4 is 14.8 Å². The normalized spacial score (nSPS) is 10.2. The molecule has 0 unspecified atom stereocenters. The molecule has 0 atom stereocenters. The van der Waals surface area contributed by atoms with Crippen LogP contribution in [0.4, 0.5) is 0 Å². The Morgan fingerprint density at radius 2 is 1.87 bits per heavy atom. The highest BCUT2D eigenvalue weighted by atomic mass is 35.5. The standard InChI is InChI=1S/C18H20ClNO3/c1-22-16-8-7-14(9-10-20-18(21)12-19)11-17(16)23-13-15-5-3-2-4-6-15/h2-8,11H,9-10,12-13H2,1H3,(H,20,21). The lowest BCUT2D eigenvalue weighted by Crippen LogP contribution is -2.26. The van der Waals surface area contributed by atoms with Crippen LogP contribution in [0.25, 0.3) is 0 Å². The van der Waals surface area contributed by atoms with Crippen molar-refractivity contribution < 1.29 is 14.3 Å². The average molecular weight is 334 g/mol. The molecular weight excluding hydrogens is 314 g/mol. The van der Waals surface area contributed by atoms with Crippen molar-refractivity contribution in [3.8, 4) is 11.5 Å². The Labute approximate surface area is 141 Å². The van der Waals surface area contributed by atoms with Gasteiger partial charge < -0.3 is 14.8 Å². The van der Waals surface area contributed by atoms with Gasteiger partial charge in [0.25, 0.3) is 0 Å². The number of alkyl halides is 1. The molecule has 0 saturated heterocycles. The van der Waals surface area contributed by atoms with Gasteiger partial charge in [0.2, 0.25) is 5.91 Å². The summed E-state index contributed by atoms with van der Waals surface area (Å²) < 4.78 is 11.2. The van der Waals surface area contributed by atoms with E-state index < -0.39 is 0 Å². The maximum Gasteiger partial charge on any atom is 0.234 e. The van der Waals surface area contributed by atoms with Crippen molar-refractivity contribution in [3.63, 3.8) is 0 Å². The fourth-order valence-corrected chi connectivity index (χ4v) is 2.21. The second-order valence-corrected chi connectivity index (χ2v) is 5.26. The first-order chi connectivity index (χ1) is 11.2. The van der Waals surface area contributed by atoms with Gasteiger partial charge in [-0.05, 0) is 29.7 Å². The number of hydrogen-bond acceptors (Lipinski definition) is 3. The third kappa shape index (κ3) is 5.49. The molecule has 2 aromatic rings. The number of nitrogens with one attached hydrogen (secondary N) is 1. The minimum atomic E-state index is -0.166. The Kier molecular flexibility index (Phi) is 6.76. The van der Waals surface area contributed by atoms with E-state index in [1.165, 1.54) is 0 Å². The van der Waals surface area contributed by atoms with Crippen molar-refractivity contribution in [1.29, 1.82) is 0 Å². The van der Waals surface area contributed by atoms with E-state index in [4.69, 9.17) is 21.1 Å². The second-order valence-electron chi connectivity index (χ2n) is 4.99. The zero-order valence-electron chi connectivity index (χ0n) is 13.0. The summed E-state index contributed by atoms with van der Waals surface area (Å²) in [5.74, 6) is 1.20. The number of halogens is 1. The molecule has 0 aliphatic rings. The smallest absolute Gasteiger partial charge is 0.234 e. The van der Waals surface area contributed by atoms with Crippen molar-refractivity contribution in [3.05, 3.63) is 59.7 Å². The first-order valence-corrected chi connectivity index (χ1v) is 7.92. The zero-order chi connectivity index (χ0) is 16.5. The number of carbonyl (C=O) groups excluding carboxylic acids is 1. The average Bonchev–Trinajstić information content (AvgIpc) is 2.60. The Hall–Kier alpha value is -2.20. The van der Waals surface area contributed by atoms with Crippen LogP contribution in [-0.2, 0) is 17.8 Å². The highest BCUT2D eigenvalue weighted by Crippen LogP contribution is 2.29. The molecule has 0 saturated carbocycles. The Morgan fingerprint density at radius 1 is 1.09 bits per heavy atom. The summed E-state index contributed by atoms with van der Waals surface area (Å²) in [5.41, 5.74) is 2.15. The third-order valence-electron chi connectivity index (χ3n) is 3.32. The summed E-state index contributed by atoms with van der Waals surface area (Å²) in [7, 11) is 1.62. The van der Waals surface area contributed by atoms with Crippen molar-refractivity contribution in [2.45, 2.75) is 13.0 Å². The van der Waals surface area contributed by atoms with E-state index in [-0.39, 0.29) is 11.8 Å². The highest BCUT2D eigenvalue weighted by Gasteiger charge is 2.07. The van der Waals surface area contributed by atoms with E-state index in [0.29, 0.717) is 31.1 Å². The lowest BCUT2D eigenvalue weighted by molar-refractivity contribution is -0.118. The van der Waals surface area contributed by atoms with Crippen LogP contribution in [0.5, 0.6) is 11.5 Å². The van der Waals surface area contributed by atoms with Gasteiger partial charge in [0.15, 0.2) is 11.5 Å². The molecule has 1 amide bonds. The summed E-state index contributed by atoms with van der Waals surface area (Å²) in [5, 5.41) is 2.74. The SMILES string of the molecule is COc1ccc(CCNC(=O)CCl)cc1OCc1ccccc1. The Bertz CT molecular complexity index is 631. The third-order valence-corrected chi connectivity index (χ3v) is 3.57. The number of methoxy groups -OCH3 is 1. The molecule has 1 N–H and O–H groups in total. The van der Waals surface area contributed by atoms with E-state index in [2.05, 4.69) is 5.32 Å². The lowest BCUT2D eigenvalue weighted by Gasteiger charge is -2.13. The van der Waals surface area contributed by atoms with E-state index in [0.717, 1.165) is 11.1 Å². The highest BCUT2D eigenvalue weighted by molar-refractivity contribution is 6.27. The van der Waals surface area contributed by atoms with Crippen molar-refractivity contribution >= 4 is 17.5 Å². The fourth-order valence-electron chi connectivity index (χ4n) is 2.12. The van der Waals surface area contributed by atoms with Crippen LogP contribution in [-0.4, -0.2) is 25.4 Å². The molecule has 23 heavy (non-hydrogen) atoms. The molecule has 4 nitrogen and oxygen atoms in total. The molecule has 0 fully saturated rings. The predicted octanol–water partition coefficient (Wildman–Crippen LogP) is 3.17. The van der Waals surface area contributed by atoms with Gasteiger partial charge in [-0.15, -0.1) is 11.6 Å². The quantitative estimate of drug-likeness (QED) is 0.755. The number of carbonyl (C=O) groups is 1. The summed E-state index contributed by atoms with van der Waals surface area (Å²) in [6, 6.07) is 15.7. The molecule has 0 spiro atoms. The lowest BCUT2D eigenvalue weighted by atomic mass is 10.1. The van der Waals surface area contributed by atoms with Crippen LogP contribution in [0.1, 0.15) is 11.1 Å². The first-order valence-electron chi connectivity index (χ1n) is 7.39. The second kappa shape index (κ2) is 9.06. The Morgan fingerprint density at radius 3 is 2.57 bits per heavy atom. The largest absolute Gasteiger partial charge is 0.493 e. The van der Waals surface area contributed by atoms with Crippen LogP contribution in [0.2, 0.25) is 0 Å². The Balaban J connectivity index is 1.99. The summed E-state index contributed by atoms with van der Waals surface area (Å²) >= 11 is 5.45. The van der Waals surface area contributed by atoms with Gasteiger partial charge in [0, 0.05) is 6.54 Å². The molecule has 0 heterocycles. The van der Waals surface area contributed by atoms with Crippen LogP contribution in [0, 0.1) is 0 Å². The molecule has 0 aliphatic carbocycles. The molecule has 0 aromatic heterocycles. The van der Waals surface area contributed by atoms with E-state index in [9.17, 15) is 4.79 Å². The number of amides is 1. The molecule has 0 radical (unpaired) electrons. The van der Waals surface area contributed by atoms with Crippen molar-refractivity contribution in [1.82, 2.24) is 5.32 Å². The maximum atomic E-state index is 11.1. The molecule has 0 aliphatic heterocycles. The van der Waals surface area contributed by atoms with Crippen LogP contribution in [0.15, 0.2) is 48.5 Å². The predicted molar refractivity (Wildman–Crippen MR) is 91.2 cm³/mol. The monoisotopic (exact) mass is 333 g/mol. The molecule has 2 rings (SSSR count). The zero-order valence-corrected chi connectivity index (χ0v) is 13.8. The summed E-state index contributed by atoms with van der Waals surface area (Å²) in [6.45, 7) is 1.01. The summed E-state index contributed by atoms with van der Waals surface area (Å²) in [6.07, 6.45) is 0.703. The fraction of sp³-hybridized carbons (Fsp3) is 0.278. The van der Waals surface area contributed by atoms with E-state index in [1.54, 1.807) is 7.11 Å². The van der Waals surface area contributed by atoms with Gasteiger partial charge >= 0.3 is 0 Å². The topological polar surface area (TPSA) is 47.6 Å². The molecule has 2 aromatic carbocycles. The van der Waals surface area contributed by atoms with Crippen molar-refractivity contribution in [2.75, 3.05) is 19.5 Å². The molecule has 122 valence electrons. The molecule has 0 bridgehead atoms. The van der Waals surface area contributed by atoms with Gasteiger partial charge in [-0.2, -0.15) is 0 Å². The number of hydrogen-bond donors (Lipinski definition) is 1. The van der Waals surface area contributed by atoms with Gasteiger partial charge in [0.05, 0.1) is 7.11 Å². The van der Waals surface area contributed by atoms with Crippen molar-refractivity contribution in [2.24, 2.45) is 0 Å².